The van der Waals surface area contributed by atoms with Crippen LogP contribution in [0.3, 0.4) is 0 Å². The van der Waals surface area contributed by atoms with Gasteiger partial charge in [0.1, 0.15) is 5.56 Å². The van der Waals surface area contributed by atoms with E-state index in [-0.39, 0.29) is 24.1 Å². The van der Waals surface area contributed by atoms with E-state index < -0.39 is 0 Å². The van der Waals surface area contributed by atoms with E-state index in [1.54, 1.807) is 18.2 Å². The summed E-state index contributed by atoms with van der Waals surface area (Å²) in [7, 11) is 2.11. The molecular formula is C27H29Cl2N7O3. The van der Waals surface area contributed by atoms with E-state index in [0.29, 0.717) is 27.7 Å². The first kappa shape index (κ1) is 26.1. The van der Waals surface area contributed by atoms with Crippen molar-refractivity contribution in [3.05, 3.63) is 63.8 Å². The number of piperazine rings is 1. The highest BCUT2D eigenvalue weighted by Crippen LogP contribution is 2.37. The van der Waals surface area contributed by atoms with E-state index in [1.165, 1.54) is 16.7 Å². The molecule has 3 aliphatic rings. The number of carbonyl (C=O) groups is 1. The van der Waals surface area contributed by atoms with Gasteiger partial charge in [-0.05, 0) is 29.8 Å². The van der Waals surface area contributed by atoms with Crippen LogP contribution in [0, 0.1) is 0 Å². The van der Waals surface area contributed by atoms with Crippen molar-refractivity contribution in [1.29, 1.82) is 0 Å². The molecule has 3 aliphatic heterocycles. The molecule has 10 nitrogen and oxygen atoms in total. The van der Waals surface area contributed by atoms with Crippen LogP contribution in [0.1, 0.15) is 15.9 Å². The highest BCUT2D eigenvalue weighted by atomic mass is 35.5. The van der Waals surface area contributed by atoms with Crippen molar-refractivity contribution in [3.8, 4) is 5.88 Å². The number of fused-ring (bicyclic) bond motifs is 1. The van der Waals surface area contributed by atoms with Crippen molar-refractivity contribution < 1.29 is 14.3 Å². The van der Waals surface area contributed by atoms with Gasteiger partial charge in [-0.25, -0.2) is 4.98 Å². The van der Waals surface area contributed by atoms with Gasteiger partial charge in [-0.2, -0.15) is 4.98 Å². The minimum Gasteiger partial charge on any atom is -0.455 e. The summed E-state index contributed by atoms with van der Waals surface area (Å²) in [5.41, 5.74) is 3.87. The van der Waals surface area contributed by atoms with Crippen LogP contribution in [0.25, 0.3) is 0 Å². The van der Waals surface area contributed by atoms with E-state index in [1.807, 2.05) is 6.07 Å². The number of amides is 1. The summed E-state index contributed by atoms with van der Waals surface area (Å²) in [6, 6.07) is 11.7. The Balaban J connectivity index is 1.23. The van der Waals surface area contributed by atoms with Crippen LogP contribution >= 0.6 is 23.2 Å². The lowest BCUT2D eigenvalue weighted by Gasteiger charge is -2.38. The zero-order chi connectivity index (χ0) is 26.9. The fraction of sp³-hybridized carbons (Fsp3) is 0.370. The maximum absolute atomic E-state index is 13.2. The number of anilines is 4. The zero-order valence-corrected chi connectivity index (χ0v) is 23.0. The number of nitrogens with one attached hydrogen (secondary N) is 2. The Morgan fingerprint density at radius 2 is 1.92 bits per heavy atom. The third-order valence-electron chi connectivity index (χ3n) is 7.26. The summed E-state index contributed by atoms with van der Waals surface area (Å²) in [6.45, 7) is 6.32. The summed E-state index contributed by atoms with van der Waals surface area (Å²) in [5, 5.41) is 7.41. The summed E-state index contributed by atoms with van der Waals surface area (Å²) in [6.07, 6.45) is 1.46. The molecule has 2 fully saturated rings. The summed E-state index contributed by atoms with van der Waals surface area (Å²) in [5.74, 6) is 0.208. The van der Waals surface area contributed by atoms with Gasteiger partial charge in [0.2, 0.25) is 11.8 Å². The molecule has 0 unspecified atom stereocenters. The van der Waals surface area contributed by atoms with Crippen molar-refractivity contribution in [2.45, 2.75) is 12.6 Å². The van der Waals surface area contributed by atoms with E-state index in [4.69, 9.17) is 32.7 Å². The van der Waals surface area contributed by atoms with E-state index in [0.717, 1.165) is 57.3 Å². The molecule has 0 bridgehead atoms. The van der Waals surface area contributed by atoms with Crippen molar-refractivity contribution >= 4 is 52.1 Å². The minimum atomic E-state index is -0.332. The predicted molar refractivity (Wildman–Crippen MR) is 152 cm³/mol. The number of hydrogen-bond donors (Lipinski definition) is 2. The van der Waals surface area contributed by atoms with Crippen LogP contribution < -0.4 is 25.2 Å². The standard InChI is InChI=1S/C27H29Cl2N7O3/c1-34(19-14-38-15-19)23-11-18(6-5-17(23)13-35-9-7-30-8-10-35)32-27-31-12-20-25(33-27)39-16-36(26(20)37)24-21(28)3-2-4-22(24)29/h2-6,11-12,19,30H,7-10,13-16H2,1H3,(H,31,32,33). The van der Waals surface area contributed by atoms with Gasteiger partial charge < -0.3 is 25.0 Å². The van der Waals surface area contributed by atoms with Crippen LogP contribution in [0.15, 0.2) is 42.6 Å². The van der Waals surface area contributed by atoms with Gasteiger partial charge in [0.25, 0.3) is 5.91 Å². The normalized spacial score (nSPS) is 17.8. The van der Waals surface area contributed by atoms with Crippen LogP contribution in [0.2, 0.25) is 10.0 Å². The van der Waals surface area contributed by atoms with E-state index >= 15 is 0 Å². The van der Waals surface area contributed by atoms with Gasteiger partial charge >= 0.3 is 0 Å². The second-order valence-corrected chi connectivity index (χ2v) is 10.6. The van der Waals surface area contributed by atoms with Gasteiger partial charge in [0.15, 0.2) is 6.73 Å². The van der Waals surface area contributed by atoms with E-state index in [9.17, 15) is 4.79 Å². The SMILES string of the molecule is CN(c1cc(Nc2ncc3c(n2)OCN(c2c(Cl)cccc2Cl)C3=O)ccc1CN1CCNCC1)C1COC1. The maximum atomic E-state index is 13.2. The van der Waals surface area contributed by atoms with Gasteiger partial charge in [-0.1, -0.05) is 35.3 Å². The molecule has 12 heteroatoms. The molecule has 1 amide bonds. The average molecular weight is 570 g/mol. The molecule has 2 saturated heterocycles. The van der Waals surface area contributed by atoms with Gasteiger partial charge in [-0.15, -0.1) is 0 Å². The summed E-state index contributed by atoms with van der Waals surface area (Å²) >= 11 is 12.6. The van der Waals surface area contributed by atoms with Crippen molar-refractivity contribution in [2.24, 2.45) is 0 Å². The Kier molecular flexibility index (Phi) is 7.46. The number of likely N-dealkylation sites (N-methyl/N-ethyl adjacent to an activating group) is 1. The van der Waals surface area contributed by atoms with Gasteiger partial charge in [0, 0.05) is 57.3 Å². The Bertz CT molecular complexity index is 1360. The number of ether oxygens (including phenoxy) is 2. The van der Waals surface area contributed by atoms with Crippen molar-refractivity contribution in [2.75, 3.05) is 68.3 Å². The molecule has 6 rings (SSSR count). The van der Waals surface area contributed by atoms with Gasteiger partial charge in [0.05, 0.1) is 35.0 Å². The lowest BCUT2D eigenvalue weighted by molar-refractivity contribution is 0.0100. The first-order chi connectivity index (χ1) is 19.0. The Morgan fingerprint density at radius 3 is 2.64 bits per heavy atom. The second kappa shape index (κ2) is 11.1. The average Bonchev–Trinajstić information content (AvgIpc) is 2.90. The lowest BCUT2D eigenvalue weighted by Crippen LogP contribution is -2.48. The van der Waals surface area contributed by atoms with Crippen molar-refractivity contribution in [1.82, 2.24) is 20.2 Å². The van der Waals surface area contributed by atoms with Gasteiger partial charge in [-0.3, -0.25) is 14.6 Å². The first-order valence-electron chi connectivity index (χ1n) is 12.9. The number of hydrogen-bond acceptors (Lipinski definition) is 9. The predicted octanol–water partition coefficient (Wildman–Crippen LogP) is 3.76. The quantitative estimate of drug-likeness (QED) is 0.441. The minimum absolute atomic E-state index is 0.0646. The number of halogens is 2. The second-order valence-electron chi connectivity index (χ2n) is 9.79. The maximum Gasteiger partial charge on any atom is 0.268 e. The fourth-order valence-corrected chi connectivity index (χ4v) is 5.51. The first-order valence-corrected chi connectivity index (χ1v) is 13.6. The third kappa shape index (κ3) is 5.35. The van der Waals surface area contributed by atoms with Crippen LogP contribution in [0.5, 0.6) is 5.88 Å². The number of benzene rings is 2. The number of rotatable bonds is 7. The molecule has 2 N–H and O–H groups in total. The molecule has 0 saturated carbocycles. The summed E-state index contributed by atoms with van der Waals surface area (Å²) < 4.78 is 11.3. The number of aromatic nitrogens is 2. The molecule has 0 spiro atoms. The Hall–Kier alpha value is -3.15. The number of nitrogens with zero attached hydrogens (tertiary/aromatic N) is 5. The molecular weight excluding hydrogens is 541 g/mol. The zero-order valence-electron chi connectivity index (χ0n) is 21.5. The topological polar surface area (TPSA) is 95.1 Å². The molecule has 0 aliphatic carbocycles. The molecule has 4 heterocycles. The Labute approximate surface area is 236 Å². The molecule has 3 aromatic rings. The van der Waals surface area contributed by atoms with Crippen molar-refractivity contribution in [3.63, 3.8) is 0 Å². The molecule has 0 radical (unpaired) electrons. The monoisotopic (exact) mass is 569 g/mol. The largest absolute Gasteiger partial charge is 0.455 e. The fourth-order valence-electron chi connectivity index (χ4n) is 4.91. The molecule has 1 aromatic heterocycles. The molecule has 39 heavy (non-hydrogen) atoms. The lowest BCUT2D eigenvalue weighted by atomic mass is 10.1. The van der Waals surface area contributed by atoms with Crippen LogP contribution in [-0.2, 0) is 11.3 Å². The molecule has 0 atom stereocenters. The van der Waals surface area contributed by atoms with Crippen LogP contribution in [0.4, 0.5) is 23.0 Å². The number of carbonyl (C=O) groups excluding carboxylic acids is 1. The highest BCUT2D eigenvalue weighted by Gasteiger charge is 2.31. The summed E-state index contributed by atoms with van der Waals surface area (Å²) in [4.78, 5) is 28.2. The van der Waals surface area contributed by atoms with E-state index in [2.05, 4.69) is 49.6 Å². The molecule has 2 aromatic carbocycles. The highest BCUT2D eigenvalue weighted by molar-refractivity contribution is 6.40. The Morgan fingerprint density at radius 1 is 1.15 bits per heavy atom. The number of para-hydroxylation sites is 1. The van der Waals surface area contributed by atoms with Crippen LogP contribution in [-0.4, -0.2) is 80.0 Å². The molecule has 204 valence electrons. The third-order valence-corrected chi connectivity index (χ3v) is 7.87. The smallest absolute Gasteiger partial charge is 0.268 e.